The Morgan fingerprint density at radius 3 is 2.72 bits per heavy atom. The van der Waals surface area contributed by atoms with Gasteiger partial charge in [0.1, 0.15) is 0 Å². The molecular weight excluding hydrogens is 362 g/mol. The molecule has 1 aliphatic rings. The Morgan fingerprint density at radius 1 is 1.24 bits per heavy atom. The summed E-state index contributed by atoms with van der Waals surface area (Å²) in [6.45, 7) is 2.68. The molecule has 2 heterocycles. The van der Waals surface area contributed by atoms with Gasteiger partial charge >= 0.3 is 0 Å². The summed E-state index contributed by atoms with van der Waals surface area (Å²) in [5.41, 5.74) is 0.518. The van der Waals surface area contributed by atoms with Crippen molar-refractivity contribution in [2.45, 2.75) is 17.7 Å². The van der Waals surface area contributed by atoms with E-state index in [9.17, 15) is 8.42 Å². The van der Waals surface area contributed by atoms with Crippen LogP contribution in [0.5, 0.6) is 0 Å². The molecule has 8 heteroatoms. The van der Waals surface area contributed by atoms with Gasteiger partial charge in [0.25, 0.3) is 0 Å². The number of nitrogens with one attached hydrogen (secondary N) is 2. The Balaban J connectivity index is 0.00000225. The van der Waals surface area contributed by atoms with Crippen LogP contribution in [0, 0.1) is 5.41 Å². The first kappa shape index (κ1) is 20.1. The second-order valence-electron chi connectivity index (χ2n) is 6.33. The number of hydrogen-bond donors (Lipinski definition) is 2. The normalized spacial score (nSPS) is 17.2. The lowest BCUT2D eigenvalue weighted by Gasteiger charge is -2.37. The lowest BCUT2D eigenvalue weighted by atomic mass is 9.80. The fourth-order valence-corrected chi connectivity index (χ4v) is 4.64. The highest BCUT2D eigenvalue weighted by molar-refractivity contribution is 7.89. The first-order valence-electron chi connectivity index (χ1n) is 8.09. The molecule has 25 heavy (non-hydrogen) atoms. The molecular formula is C17H24ClN3O3S. The van der Waals surface area contributed by atoms with Crippen LogP contribution >= 0.6 is 12.4 Å². The molecule has 1 saturated heterocycles. The van der Waals surface area contributed by atoms with Gasteiger partial charge in [0, 0.05) is 30.7 Å². The summed E-state index contributed by atoms with van der Waals surface area (Å²) < 4.78 is 33.8. The van der Waals surface area contributed by atoms with Gasteiger partial charge in [-0.2, -0.15) is 0 Å². The summed E-state index contributed by atoms with van der Waals surface area (Å²) in [4.78, 5) is 4.50. The maximum absolute atomic E-state index is 12.8. The molecule has 0 spiro atoms. The SMILES string of the molecule is COCC1(CNS(=O)(=O)c2cccc3ncccc23)CCNCC1.Cl. The van der Waals surface area contributed by atoms with Crippen molar-refractivity contribution < 1.29 is 13.2 Å². The van der Waals surface area contributed by atoms with Gasteiger partial charge in [-0.1, -0.05) is 6.07 Å². The van der Waals surface area contributed by atoms with E-state index in [4.69, 9.17) is 4.74 Å². The van der Waals surface area contributed by atoms with E-state index in [-0.39, 0.29) is 22.7 Å². The van der Waals surface area contributed by atoms with E-state index in [1.165, 1.54) is 0 Å². The average Bonchev–Trinajstić information content (AvgIpc) is 2.61. The van der Waals surface area contributed by atoms with Crippen molar-refractivity contribution in [2.75, 3.05) is 33.4 Å². The minimum Gasteiger partial charge on any atom is -0.384 e. The van der Waals surface area contributed by atoms with Crippen molar-refractivity contribution in [1.82, 2.24) is 15.0 Å². The van der Waals surface area contributed by atoms with E-state index in [1.807, 2.05) is 6.07 Å². The van der Waals surface area contributed by atoms with E-state index in [0.29, 0.717) is 24.1 Å². The Hall–Kier alpha value is -1.25. The molecule has 0 radical (unpaired) electrons. The zero-order valence-corrected chi connectivity index (χ0v) is 15.8. The lowest BCUT2D eigenvalue weighted by Crippen LogP contribution is -2.47. The van der Waals surface area contributed by atoms with E-state index >= 15 is 0 Å². The summed E-state index contributed by atoms with van der Waals surface area (Å²) >= 11 is 0. The van der Waals surface area contributed by atoms with Crippen LogP contribution in [0.2, 0.25) is 0 Å². The number of hydrogen-bond acceptors (Lipinski definition) is 5. The molecule has 1 fully saturated rings. The van der Waals surface area contributed by atoms with E-state index < -0.39 is 10.0 Å². The number of rotatable bonds is 6. The van der Waals surface area contributed by atoms with E-state index in [2.05, 4.69) is 15.0 Å². The molecule has 2 N–H and O–H groups in total. The summed E-state index contributed by atoms with van der Waals surface area (Å²) in [6, 6.07) is 8.69. The van der Waals surface area contributed by atoms with Crippen molar-refractivity contribution >= 4 is 33.3 Å². The van der Waals surface area contributed by atoms with Crippen LogP contribution in [0.4, 0.5) is 0 Å². The number of fused-ring (bicyclic) bond motifs is 1. The highest BCUT2D eigenvalue weighted by Gasteiger charge is 2.33. The summed E-state index contributed by atoms with van der Waals surface area (Å²) in [7, 11) is -1.95. The summed E-state index contributed by atoms with van der Waals surface area (Å²) in [5.74, 6) is 0. The smallest absolute Gasteiger partial charge is 0.241 e. The quantitative estimate of drug-likeness (QED) is 0.794. The largest absolute Gasteiger partial charge is 0.384 e. The number of ether oxygens (including phenoxy) is 1. The Kier molecular flexibility index (Phi) is 6.76. The minimum atomic E-state index is -3.61. The number of pyridine rings is 1. The van der Waals surface area contributed by atoms with Crippen molar-refractivity contribution in [1.29, 1.82) is 0 Å². The molecule has 3 rings (SSSR count). The second-order valence-corrected chi connectivity index (χ2v) is 8.07. The molecule has 0 bridgehead atoms. The Bertz CT molecular complexity index is 797. The number of sulfonamides is 1. The number of benzene rings is 1. The molecule has 6 nitrogen and oxygen atoms in total. The van der Waals surface area contributed by atoms with E-state index in [0.717, 1.165) is 25.9 Å². The number of methoxy groups -OCH3 is 1. The molecule has 1 aliphatic heterocycles. The van der Waals surface area contributed by atoms with Gasteiger partial charge < -0.3 is 10.1 Å². The molecule has 0 atom stereocenters. The predicted octanol–water partition coefficient (Wildman–Crippen LogP) is 1.95. The van der Waals surface area contributed by atoms with Crippen molar-refractivity contribution in [3.05, 3.63) is 36.5 Å². The molecule has 1 aromatic heterocycles. The monoisotopic (exact) mass is 385 g/mol. The first-order chi connectivity index (χ1) is 11.6. The molecule has 0 saturated carbocycles. The molecule has 0 unspecified atom stereocenters. The average molecular weight is 386 g/mol. The van der Waals surface area contributed by atoms with Crippen LogP contribution in [0.3, 0.4) is 0 Å². The van der Waals surface area contributed by atoms with Gasteiger partial charge in [-0.15, -0.1) is 12.4 Å². The first-order valence-corrected chi connectivity index (χ1v) is 9.58. The fourth-order valence-electron chi connectivity index (χ4n) is 3.27. The predicted molar refractivity (Wildman–Crippen MR) is 101 cm³/mol. The maximum Gasteiger partial charge on any atom is 0.241 e. The highest BCUT2D eigenvalue weighted by Crippen LogP contribution is 2.29. The van der Waals surface area contributed by atoms with Crippen molar-refractivity contribution in [3.8, 4) is 0 Å². The third-order valence-corrected chi connectivity index (χ3v) is 6.11. The molecule has 1 aromatic carbocycles. The zero-order valence-electron chi connectivity index (χ0n) is 14.2. The summed E-state index contributed by atoms with van der Waals surface area (Å²) in [6.07, 6.45) is 3.44. The van der Waals surface area contributed by atoms with Gasteiger partial charge in [-0.3, -0.25) is 4.98 Å². The third-order valence-electron chi connectivity index (χ3n) is 4.65. The molecule has 2 aromatic rings. The summed E-state index contributed by atoms with van der Waals surface area (Å²) in [5, 5.41) is 3.95. The number of piperidine rings is 1. The maximum atomic E-state index is 12.8. The van der Waals surface area contributed by atoms with Crippen LogP contribution < -0.4 is 10.0 Å². The van der Waals surface area contributed by atoms with E-state index in [1.54, 1.807) is 37.6 Å². The minimum absolute atomic E-state index is 0. The molecule has 138 valence electrons. The lowest BCUT2D eigenvalue weighted by molar-refractivity contribution is 0.0577. The Morgan fingerprint density at radius 2 is 2.00 bits per heavy atom. The van der Waals surface area contributed by atoms with Gasteiger partial charge in [-0.05, 0) is 50.2 Å². The van der Waals surface area contributed by atoms with Gasteiger partial charge in [0.2, 0.25) is 10.0 Å². The van der Waals surface area contributed by atoms with Crippen molar-refractivity contribution in [3.63, 3.8) is 0 Å². The van der Waals surface area contributed by atoms with Crippen LogP contribution in [0.1, 0.15) is 12.8 Å². The van der Waals surface area contributed by atoms with Crippen LogP contribution in [0.15, 0.2) is 41.4 Å². The topological polar surface area (TPSA) is 80.3 Å². The zero-order chi connectivity index (χ0) is 17.0. The third kappa shape index (κ3) is 4.48. The van der Waals surface area contributed by atoms with Crippen molar-refractivity contribution in [2.24, 2.45) is 5.41 Å². The molecule has 0 aliphatic carbocycles. The molecule has 0 amide bonds. The van der Waals surface area contributed by atoms with Gasteiger partial charge in [-0.25, -0.2) is 13.1 Å². The Labute approximate surface area is 154 Å². The number of aromatic nitrogens is 1. The fraction of sp³-hybridized carbons (Fsp3) is 0.471. The number of halogens is 1. The second kappa shape index (κ2) is 8.42. The highest BCUT2D eigenvalue weighted by atomic mass is 35.5. The van der Waals surface area contributed by atoms with Crippen LogP contribution in [-0.2, 0) is 14.8 Å². The standard InChI is InChI=1S/C17H23N3O3S.ClH/c1-23-13-17(7-10-18-11-8-17)12-20-24(21,22)16-6-2-5-15-14(16)4-3-9-19-15;/h2-6,9,18,20H,7-8,10-13H2,1H3;1H. The van der Waals surface area contributed by atoms with Crippen LogP contribution in [-0.4, -0.2) is 46.8 Å². The van der Waals surface area contributed by atoms with Gasteiger partial charge in [0.15, 0.2) is 0 Å². The van der Waals surface area contributed by atoms with Gasteiger partial charge in [0.05, 0.1) is 17.0 Å². The van der Waals surface area contributed by atoms with Crippen LogP contribution in [0.25, 0.3) is 10.9 Å². The number of nitrogens with zero attached hydrogens (tertiary/aromatic N) is 1.